The van der Waals surface area contributed by atoms with Gasteiger partial charge >= 0.3 is 5.97 Å². The van der Waals surface area contributed by atoms with E-state index in [1.54, 1.807) is 31.2 Å². The van der Waals surface area contributed by atoms with E-state index >= 15 is 0 Å². The lowest BCUT2D eigenvalue weighted by molar-refractivity contribution is -0.150. The van der Waals surface area contributed by atoms with Crippen molar-refractivity contribution < 1.29 is 19.4 Å². The molecule has 1 N–H and O–H groups in total. The maximum Gasteiger partial charge on any atom is 0.344 e. The van der Waals surface area contributed by atoms with Gasteiger partial charge in [0, 0.05) is 0 Å². The quantitative estimate of drug-likeness (QED) is 0.441. The summed E-state index contributed by atoms with van der Waals surface area (Å²) < 4.78 is 10.5. The SMILES string of the molecule is CCC(C)O.CCC(C)OC(=O)COc1ccc(N=Nc2ccc(C)cc2)cc1. The summed E-state index contributed by atoms with van der Waals surface area (Å²) in [7, 11) is 0. The van der Waals surface area contributed by atoms with Crippen LogP contribution in [0.2, 0.25) is 0 Å². The zero-order valence-electron chi connectivity index (χ0n) is 18.0. The largest absolute Gasteiger partial charge is 0.482 e. The molecule has 6 nitrogen and oxygen atoms in total. The topological polar surface area (TPSA) is 80.5 Å². The van der Waals surface area contributed by atoms with E-state index in [-0.39, 0.29) is 24.8 Å². The predicted octanol–water partition coefficient (Wildman–Crippen LogP) is 5.91. The molecule has 0 heterocycles. The number of azo groups is 1. The highest BCUT2D eigenvalue weighted by molar-refractivity contribution is 5.71. The fourth-order valence-electron chi connectivity index (χ4n) is 1.82. The molecule has 0 amide bonds. The van der Waals surface area contributed by atoms with Crippen LogP contribution >= 0.6 is 0 Å². The fraction of sp³-hybridized carbons (Fsp3) is 0.435. The highest BCUT2D eigenvalue weighted by Gasteiger charge is 2.08. The summed E-state index contributed by atoms with van der Waals surface area (Å²) in [6.45, 7) is 9.46. The first-order valence-electron chi connectivity index (χ1n) is 9.92. The van der Waals surface area contributed by atoms with E-state index in [9.17, 15) is 4.79 Å². The Bertz CT molecular complexity index is 740. The molecule has 0 aliphatic rings. The van der Waals surface area contributed by atoms with Gasteiger partial charge < -0.3 is 14.6 Å². The second-order valence-corrected chi connectivity index (χ2v) is 6.78. The summed E-state index contributed by atoms with van der Waals surface area (Å²) in [5.74, 6) is 0.220. The molecule has 0 aromatic heterocycles. The summed E-state index contributed by atoms with van der Waals surface area (Å²) >= 11 is 0. The number of carbonyl (C=O) groups excluding carboxylic acids is 1. The van der Waals surface area contributed by atoms with Crippen molar-refractivity contribution in [1.29, 1.82) is 0 Å². The van der Waals surface area contributed by atoms with Crippen molar-refractivity contribution in [3.8, 4) is 5.75 Å². The molecule has 29 heavy (non-hydrogen) atoms. The number of nitrogens with zero attached hydrogens (tertiary/aromatic N) is 2. The third-order valence-corrected chi connectivity index (χ3v) is 4.01. The highest BCUT2D eigenvalue weighted by Crippen LogP contribution is 2.21. The molecule has 2 atom stereocenters. The van der Waals surface area contributed by atoms with Crippen molar-refractivity contribution in [1.82, 2.24) is 0 Å². The van der Waals surface area contributed by atoms with Crippen molar-refractivity contribution >= 4 is 17.3 Å². The molecular formula is C23H32N2O4. The van der Waals surface area contributed by atoms with Gasteiger partial charge in [0.1, 0.15) is 5.75 Å². The molecule has 0 bridgehead atoms. The lowest BCUT2D eigenvalue weighted by Crippen LogP contribution is -2.20. The smallest absolute Gasteiger partial charge is 0.344 e. The van der Waals surface area contributed by atoms with Crippen LogP contribution in [0.5, 0.6) is 5.75 Å². The summed E-state index contributed by atoms with van der Waals surface area (Å²) in [4.78, 5) is 11.6. The van der Waals surface area contributed by atoms with Crippen molar-refractivity contribution in [3.63, 3.8) is 0 Å². The molecule has 0 fully saturated rings. The van der Waals surface area contributed by atoms with E-state index in [0.29, 0.717) is 11.4 Å². The van der Waals surface area contributed by atoms with Crippen LogP contribution in [0.4, 0.5) is 11.4 Å². The van der Waals surface area contributed by atoms with E-state index < -0.39 is 0 Å². The predicted molar refractivity (Wildman–Crippen MR) is 115 cm³/mol. The van der Waals surface area contributed by atoms with E-state index in [4.69, 9.17) is 14.6 Å². The van der Waals surface area contributed by atoms with Gasteiger partial charge in [-0.3, -0.25) is 0 Å². The first-order valence-corrected chi connectivity index (χ1v) is 9.92. The maximum atomic E-state index is 11.6. The minimum Gasteiger partial charge on any atom is -0.482 e. The fourth-order valence-corrected chi connectivity index (χ4v) is 1.82. The van der Waals surface area contributed by atoms with Crippen LogP contribution in [0.15, 0.2) is 58.8 Å². The Hall–Kier alpha value is -2.73. The Morgan fingerprint density at radius 1 is 0.931 bits per heavy atom. The molecule has 2 aromatic carbocycles. The van der Waals surface area contributed by atoms with Crippen LogP contribution in [0.1, 0.15) is 46.1 Å². The average Bonchev–Trinajstić information content (AvgIpc) is 2.73. The van der Waals surface area contributed by atoms with Crippen molar-refractivity contribution in [3.05, 3.63) is 54.1 Å². The standard InChI is InChI=1S/C19H22N2O3.C4H10O/c1-4-15(3)24-19(22)13-23-18-11-9-17(10-12-18)21-20-16-7-5-14(2)6-8-16;1-3-4(2)5/h5-12,15H,4,13H2,1-3H3;4-5H,3H2,1-2H3. The number of ether oxygens (including phenoxy) is 2. The number of rotatable bonds is 8. The van der Waals surface area contributed by atoms with Gasteiger partial charge in [-0.1, -0.05) is 31.5 Å². The molecule has 158 valence electrons. The van der Waals surface area contributed by atoms with Crippen LogP contribution in [-0.2, 0) is 9.53 Å². The van der Waals surface area contributed by atoms with E-state index in [2.05, 4.69) is 10.2 Å². The van der Waals surface area contributed by atoms with Gasteiger partial charge in [-0.25, -0.2) is 4.79 Å². The number of hydrogen-bond acceptors (Lipinski definition) is 6. The highest BCUT2D eigenvalue weighted by atomic mass is 16.6. The second-order valence-electron chi connectivity index (χ2n) is 6.78. The van der Waals surface area contributed by atoms with Crippen LogP contribution < -0.4 is 4.74 Å². The summed E-state index contributed by atoms with van der Waals surface area (Å²) in [5, 5.41) is 16.7. The van der Waals surface area contributed by atoms with Crippen LogP contribution in [0, 0.1) is 6.92 Å². The van der Waals surface area contributed by atoms with Crippen LogP contribution in [-0.4, -0.2) is 29.9 Å². The molecule has 0 aliphatic heterocycles. The van der Waals surface area contributed by atoms with E-state index in [1.165, 1.54) is 5.56 Å². The first-order chi connectivity index (χ1) is 13.8. The van der Waals surface area contributed by atoms with Crippen LogP contribution in [0.25, 0.3) is 0 Å². The van der Waals surface area contributed by atoms with Crippen molar-refractivity contribution in [2.75, 3.05) is 6.61 Å². The Kier molecular flexibility index (Phi) is 11.3. The summed E-state index contributed by atoms with van der Waals surface area (Å²) in [5.41, 5.74) is 2.70. The molecule has 2 unspecified atom stereocenters. The lowest BCUT2D eigenvalue weighted by Gasteiger charge is -2.11. The molecule has 0 saturated heterocycles. The minimum absolute atomic E-state index is 0.0920. The number of carbonyl (C=O) groups is 1. The second kappa shape index (κ2) is 13.4. The third-order valence-electron chi connectivity index (χ3n) is 4.01. The number of aryl methyl sites for hydroxylation is 1. The van der Waals surface area contributed by atoms with E-state index in [1.807, 2.05) is 52.0 Å². The lowest BCUT2D eigenvalue weighted by atomic mass is 10.2. The zero-order chi connectivity index (χ0) is 21.6. The Labute approximate surface area is 173 Å². The number of hydrogen-bond donors (Lipinski definition) is 1. The maximum absolute atomic E-state index is 11.6. The number of aliphatic hydroxyl groups excluding tert-OH is 1. The summed E-state index contributed by atoms with van der Waals surface area (Å²) in [6, 6.07) is 14.9. The zero-order valence-corrected chi connectivity index (χ0v) is 18.0. The molecule has 6 heteroatoms. The first kappa shape index (κ1) is 24.3. The minimum atomic E-state index is -0.368. The van der Waals surface area contributed by atoms with Crippen LogP contribution in [0.3, 0.4) is 0 Å². The van der Waals surface area contributed by atoms with Gasteiger partial charge in [-0.05, 0) is 70.0 Å². The summed E-state index contributed by atoms with van der Waals surface area (Å²) in [6.07, 6.45) is 1.44. The van der Waals surface area contributed by atoms with Crippen molar-refractivity contribution in [2.45, 2.75) is 59.7 Å². The molecule has 2 aromatic rings. The Balaban J connectivity index is 0.000000749. The molecule has 0 aliphatic carbocycles. The van der Waals surface area contributed by atoms with Crippen molar-refractivity contribution in [2.24, 2.45) is 10.2 Å². The normalized spacial score (nSPS) is 12.6. The molecular weight excluding hydrogens is 368 g/mol. The van der Waals surface area contributed by atoms with Gasteiger partial charge in [0.15, 0.2) is 6.61 Å². The monoisotopic (exact) mass is 400 g/mol. The van der Waals surface area contributed by atoms with E-state index in [0.717, 1.165) is 18.5 Å². The molecule has 2 rings (SSSR count). The van der Waals surface area contributed by atoms with Gasteiger partial charge in [0.2, 0.25) is 0 Å². The van der Waals surface area contributed by atoms with Gasteiger partial charge in [0.25, 0.3) is 0 Å². The molecule has 0 spiro atoms. The average molecular weight is 401 g/mol. The third kappa shape index (κ3) is 11.0. The van der Waals surface area contributed by atoms with Gasteiger partial charge in [-0.15, -0.1) is 0 Å². The molecule has 0 saturated carbocycles. The molecule has 0 radical (unpaired) electrons. The number of aliphatic hydroxyl groups is 1. The Morgan fingerprint density at radius 3 is 1.86 bits per heavy atom. The van der Waals surface area contributed by atoms with Gasteiger partial charge in [-0.2, -0.15) is 10.2 Å². The number of esters is 1. The number of benzene rings is 2. The van der Waals surface area contributed by atoms with Gasteiger partial charge in [0.05, 0.1) is 23.6 Å². The Morgan fingerprint density at radius 2 is 1.41 bits per heavy atom.